The largest absolute Gasteiger partial charge is 0.329 e. The van der Waals surface area contributed by atoms with E-state index in [0.717, 1.165) is 30.2 Å². The van der Waals surface area contributed by atoms with Crippen LogP contribution in [0.25, 0.3) is 4.96 Å². The summed E-state index contributed by atoms with van der Waals surface area (Å²) in [5, 5.41) is 1.88. The fourth-order valence-corrected chi connectivity index (χ4v) is 3.29. The Labute approximate surface area is 109 Å². The molecule has 0 bridgehead atoms. The van der Waals surface area contributed by atoms with Gasteiger partial charge in [-0.15, -0.1) is 11.3 Å². The molecule has 1 fully saturated rings. The van der Waals surface area contributed by atoms with Crippen molar-refractivity contribution in [3.8, 4) is 0 Å². The lowest BCUT2D eigenvalue weighted by molar-refractivity contribution is 0.247. The second-order valence-electron chi connectivity index (χ2n) is 4.64. The maximum absolute atomic E-state index is 11.9. The number of likely N-dealkylation sites (tertiary alicyclic amines) is 1. The van der Waals surface area contributed by atoms with Gasteiger partial charge in [0.1, 0.15) is 0 Å². The van der Waals surface area contributed by atoms with E-state index in [1.807, 2.05) is 5.38 Å². The Hall–Kier alpha value is -1.24. The predicted octanol–water partition coefficient (Wildman–Crippen LogP) is 0.679. The monoisotopic (exact) mass is 264 g/mol. The topological polar surface area (TPSA) is 63.6 Å². The normalized spacial score (nSPS) is 20.8. The zero-order chi connectivity index (χ0) is 12.5. The molecule has 5 nitrogen and oxygen atoms in total. The summed E-state index contributed by atoms with van der Waals surface area (Å²) in [6.07, 6.45) is 4.09. The maximum Gasteiger partial charge on any atom is 0.258 e. The van der Waals surface area contributed by atoms with Gasteiger partial charge in [-0.2, -0.15) is 0 Å². The van der Waals surface area contributed by atoms with E-state index >= 15 is 0 Å². The molecule has 1 aliphatic rings. The lowest BCUT2D eigenvalue weighted by Crippen LogP contribution is -2.35. The second-order valence-corrected chi connectivity index (χ2v) is 5.52. The molecule has 3 heterocycles. The highest BCUT2D eigenvalue weighted by Crippen LogP contribution is 2.18. The van der Waals surface area contributed by atoms with Gasteiger partial charge in [0.2, 0.25) is 0 Å². The number of fused-ring (bicyclic) bond motifs is 1. The van der Waals surface area contributed by atoms with Gasteiger partial charge >= 0.3 is 0 Å². The smallest absolute Gasteiger partial charge is 0.258 e. The summed E-state index contributed by atoms with van der Waals surface area (Å²) in [5.41, 5.74) is 6.61. The molecular weight excluding hydrogens is 248 g/mol. The zero-order valence-electron chi connectivity index (χ0n) is 10.1. The quantitative estimate of drug-likeness (QED) is 0.885. The first-order valence-electron chi connectivity index (χ1n) is 6.18. The van der Waals surface area contributed by atoms with Crippen LogP contribution in [0.2, 0.25) is 0 Å². The molecule has 0 spiro atoms. The minimum Gasteiger partial charge on any atom is -0.329 e. The molecular formula is C12H16N4OS. The fraction of sp³-hybridized carbons (Fsp3) is 0.500. The molecule has 0 amide bonds. The van der Waals surface area contributed by atoms with Crippen molar-refractivity contribution in [1.82, 2.24) is 14.3 Å². The Morgan fingerprint density at radius 2 is 2.44 bits per heavy atom. The Morgan fingerprint density at radius 1 is 1.56 bits per heavy atom. The highest BCUT2D eigenvalue weighted by atomic mass is 32.1. The summed E-state index contributed by atoms with van der Waals surface area (Å²) in [7, 11) is 0. The van der Waals surface area contributed by atoms with Gasteiger partial charge in [-0.25, -0.2) is 4.98 Å². The second kappa shape index (κ2) is 4.79. The summed E-state index contributed by atoms with van der Waals surface area (Å²) in [4.78, 5) is 19.5. The number of thiazole rings is 1. The molecule has 96 valence electrons. The minimum atomic E-state index is -0.000236. The van der Waals surface area contributed by atoms with Gasteiger partial charge in [0, 0.05) is 36.8 Å². The van der Waals surface area contributed by atoms with Crippen molar-refractivity contribution in [2.24, 2.45) is 5.73 Å². The number of nitrogens with zero attached hydrogens (tertiary/aromatic N) is 3. The Kier molecular flexibility index (Phi) is 3.15. The van der Waals surface area contributed by atoms with Crippen LogP contribution < -0.4 is 11.3 Å². The van der Waals surface area contributed by atoms with Crippen molar-refractivity contribution >= 4 is 16.3 Å². The zero-order valence-corrected chi connectivity index (χ0v) is 10.9. The van der Waals surface area contributed by atoms with Crippen molar-refractivity contribution in [1.29, 1.82) is 0 Å². The summed E-state index contributed by atoms with van der Waals surface area (Å²) in [5.74, 6) is 0. The molecule has 2 N–H and O–H groups in total. The average Bonchev–Trinajstić information content (AvgIpc) is 2.97. The minimum absolute atomic E-state index is 0.000236. The third-order valence-electron chi connectivity index (χ3n) is 3.49. The van der Waals surface area contributed by atoms with Gasteiger partial charge in [0.05, 0.1) is 5.69 Å². The molecule has 2 aromatic heterocycles. The number of hydrogen-bond donors (Lipinski definition) is 1. The predicted molar refractivity (Wildman–Crippen MR) is 71.8 cm³/mol. The molecule has 0 saturated carbocycles. The van der Waals surface area contributed by atoms with Crippen LogP contribution in [0.3, 0.4) is 0 Å². The van der Waals surface area contributed by atoms with Crippen LogP contribution >= 0.6 is 11.3 Å². The van der Waals surface area contributed by atoms with E-state index in [1.54, 1.807) is 16.7 Å². The fourth-order valence-electron chi connectivity index (χ4n) is 2.55. The van der Waals surface area contributed by atoms with E-state index in [0.29, 0.717) is 12.6 Å². The van der Waals surface area contributed by atoms with Gasteiger partial charge < -0.3 is 5.73 Å². The molecule has 6 heteroatoms. The van der Waals surface area contributed by atoms with Crippen LogP contribution in [0.15, 0.2) is 22.4 Å². The van der Waals surface area contributed by atoms with Gasteiger partial charge in [0.25, 0.3) is 5.56 Å². The number of hydrogen-bond acceptors (Lipinski definition) is 5. The summed E-state index contributed by atoms with van der Waals surface area (Å²) >= 11 is 1.49. The Bertz CT molecular complexity index is 605. The van der Waals surface area contributed by atoms with Crippen LogP contribution in [0, 0.1) is 0 Å². The Morgan fingerprint density at radius 3 is 3.28 bits per heavy atom. The SMILES string of the molecule is NCC1CCCN1Cc1cc(=O)n2ccsc2n1. The van der Waals surface area contributed by atoms with Crippen LogP contribution in [-0.4, -0.2) is 33.4 Å². The van der Waals surface area contributed by atoms with E-state index in [4.69, 9.17) is 5.73 Å². The maximum atomic E-state index is 11.9. The van der Waals surface area contributed by atoms with E-state index in [1.165, 1.54) is 17.8 Å². The summed E-state index contributed by atoms with van der Waals surface area (Å²) in [6.45, 7) is 2.46. The number of nitrogens with two attached hydrogens (primary N) is 1. The Balaban J connectivity index is 1.88. The average molecular weight is 264 g/mol. The van der Waals surface area contributed by atoms with Crippen molar-refractivity contribution in [3.63, 3.8) is 0 Å². The number of rotatable bonds is 3. The molecule has 3 rings (SSSR count). The third-order valence-corrected chi connectivity index (χ3v) is 4.25. The van der Waals surface area contributed by atoms with Crippen molar-refractivity contribution in [2.45, 2.75) is 25.4 Å². The van der Waals surface area contributed by atoms with E-state index in [9.17, 15) is 4.79 Å². The molecule has 18 heavy (non-hydrogen) atoms. The van der Waals surface area contributed by atoms with Crippen molar-refractivity contribution in [3.05, 3.63) is 33.7 Å². The van der Waals surface area contributed by atoms with Crippen LogP contribution in [0.4, 0.5) is 0 Å². The van der Waals surface area contributed by atoms with Crippen LogP contribution in [0.5, 0.6) is 0 Å². The molecule has 1 unspecified atom stereocenters. The lowest BCUT2D eigenvalue weighted by atomic mass is 10.2. The van der Waals surface area contributed by atoms with E-state index in [-0.39, 0.29) is 5.56 Å². The molecule has 2 aromatic rings. The van der Waals surface area contributed by atoms with Crippen molar-refractivity contribution in [2.75, 3.05) is 13.1 Å². The highest BCUT2D eigenvalue weighted by Gasteiger charge is 2.23. The van der Waals surface area contributed by atoms with E-state index < -0.39 is 0 Å². The molecule has 0 aromatic carbocycles. The van der Waals surface area contributed by atoms with Gasteiger partial charge in [-0.05, 0) is 19.4 Å². The molecule has 1 saturated heterocycles. The van der Waals surface area contributed by atoms with Crippen LogP contribution in [-0.2, 0) is 6.54 Å². The third kappa shape index (κ3) is 2.07. The molecule has 1 atom stereocenters. The van der Waals surface area contributed by atoms with Crippen LogP contribution in [0.1, 0.15) is 18.5 Å². The molecule has 0 aliphatic carbocycles. The van der Waals surface area contributed by atoms with Crippen molar-refractivity contribution < 1.29 is 0 Å². The standard InChI is InChI=1S/C12H16N4OS/c13-7-10-2-1-3-15(10)8-9-6-11(17)16-4-5-18-12(16)14-9/h4-6,10H,1-3,7-8,13H2. The summed E-state index contributed by atoms with van der Waals surface area (Å²) in [6, 6.07) is 2.07. The summed E-state index contributed by atoms with van der Waals surface area (Å²) < 4.78 is 1.58. The number of aromatic nitrogens is 2. The van der Waals surface area contributed by atoms with Gasteiger partial charge in [-0.3, -0.25) is 14.1 Å². The molecule has 0 radical (unpaired) electrons. The molecule has 1 aliphatic heterocycles. The van der Waals surface area contributed by atoms with Gasteiger partial charge in [0.15, 0.2) is 4.96 Å². The first-order chi connectivity index (χ1) is 8.78. The first kappa shape index (κ1) is 11.8. The van der Waals surface area contributed by atoms with Gasteiger partial charge in [-0.1, -0.05) is 0 Å². The van der Waals surface area contributed by atoms with E-state index in [2.05, 4.69) is 9.88 Å². The lowest BCUT2D eigenvalue weighted by Gasteiger charge is -2.22. The first-order valence-corrected chi connectivity index (χ1v) is 7.06. The highest BCUT2D eigenvalue weighted by molar-refractivity contribution is 7.15.